The highest BCUT2D eigenvalue weighted by Gasteiger charge is 2.22. The molecule has 10 nitrogen and oxygen atoms in total. The van der Waals surface area contributed by atoms with E-state index in [1.807, 2.05) is 24.3 Å². The maximum absolute atomic E-state index is 14.0. The minimum Gasteiger partial charge on any atom is -0.366 e. The molecule has 1 fully saturated rings. The van der Waals surface area contributed by atoms with Crippen LogP contribution in [0.5, 0.6) is 0 Å². The summed E-state index contributed by atoms with van der Waals surface area (Å²) in [6.45, 7) is 0. The zero-order chi connectivity index (χ0) is 23.5. The van der Waals surface area contributed by atoms with Gasteiger partial charge in [0.15, 0.2) is 17.2 Å². The van der Waals surface area contributed by atoms with Crippen LogP contribution in [-0.2, 0) is 0 Å². The van der Waals surface area contributed by atoms with Crippen molar-refractivity contribution in [3.8, 4) is 0 Å². The summed E-state index contributed by atoms with van der Waals surface area (Å²) in [5, 5.41) is 13.9. The molecule has 0 aliphatic heterocycles. The number of rotatable bonds is 6. The Bertz CT molecular complexity index is 1300. The molecule has 4 aromatic heterocycles. The first-order valence-corrected chi connectivity index (χ1v) is 11.1. The number of hydrogen-bond acceptors (Lipinski definition) is 8. The zero-order valence-corrected chi connectivity index (χ0v) is 18.3. The smallest absolute Gasteiger partial charge is 0.276 e. The van der Waals surface area contributed by atoms with Crippen molar-refractivity contribution in [3.63, 3.8) is 0 Å². The topological polar surface area (TPSA) is 135 Å². The molecule has 5 rings (SSSR count). The number of amides is 1. The third-order valence-corrected chi connectivity index (χ3v) is 5.77. The molecule has 0 saturated heterocycles. The molecule has 5 N–H and O–H groups in total. The van der Waals surface area contributed by atoms with Crippen LogP contribution in [0.2, 0.25) is 0 Å². The molecule has 34 heavy (non-hydrogen) atoms. The highest BCUT2D eigenvalue weighted by molar-refractivity contribution is 6.03. The second-order valence-electron chi connectivity index (χ2n) is 8.23. The van der Waals surface area contributed by atoms with Crippen LogP contribution in [0.1, 0.15) is 36.2 Å². The normalized spacial score (nSPS) is 17.9. The Labute approximate surface area is 194 Å². The van der Waals surface area contributed by atoms with Crippen LogP contribution in [0.3, 0.4) is 0 Å². The standard InChI is InChI=1S/C23H24FN9O/c24-16-12-26-10-8-17(16)31-23(34)19-13-28-22-18(30-20-3-1-2-9-27-20)11-21(32-33(19)22)29-15-6-4-14(25)5-7-15/h1-3,8-15H,4-7,25H2,(H,27,30)(H,29,32)(H,26,31,34). The van der Waals surface area contributed by atoms with Gasteiger partial charge < -0.3 is 21.7 Å². The van der Waals surface area contributed by atoms with Crippen LogP contribution in [0.25, 0.3) is 5.65 Å². The van der Waals surface area contributed by atoms with Gasteiger partial charge in [0.25, 0.3) is 5.91 Å². The fourth-order valence-electron chi connectivity index (χ4n) is 4.00. The molecule has 1 saturated carbocycles. The molecule has 1 aliphatic rings. The van der Waals surface area contributed by atoms with E-state index in [2.05, 4.69) is 36.0 Å². The summed E-state index contributed by atoms with van der Waals surface area (Å²) in [5.41, 5.74) is 7.28. The van der Waals surface area contributed by atoms with Gasteiger partial charge in [-0.3, -0.25) is 9.78 Å². The highest BCUT2D eigenvalue weighted by atomic mass is 19.1. The van der Waals surface area contributed by atoms with Crippen molar-refractivity contribution >= 4 is 34.6 Å². The molecule has 1 aliphatic carbocycles. The lowest BCUT2D eigenvalue weighted by Crippen LogP contribution is -2.33. The van der Waals surface area contributed by atoms with Crippen molar-refractivity contribution in [1.29, 1.82) is 0 Å². The fourth-order valence-corrected chi connectivity index (χ4v) is 4.00. The van der Waals surface area contributed by atoms with E-state index in [1.54, 1.807) is 6.20 Å². The van der Waals surface area contributed by atoms with Crippen molar-refractivity contribution in [3.05, 3.63) is 66.6 Å². The number of carbonyl (C=O) groups excluding carboxylic acids is 1. The largest absolute Gasteiger partial charge is 0.366 e. The van der Waals surface area contributed by atoms with E-state index >= 15 is 0 Å². The summed E-state index contributed by atoms with van der Waals surface area (Å²) >= 11 is 0. The lowest BCUT2D eigenvalue weighted by molar-refractivity contribution is 0.102. The number of hydrogen-bond donors (Lipinski definition) is 4. The van der Waals surface area contributed by atoms with Crippen LogP contribution in [0, 0.1) is 5.82 Å². The molecule has 4 heterocycles. The van der Waals surface area contributed by atoms with Gasteiger partial charge in [-0.1, -0.05) is 6.07 Å². The quantitative estimate of drug-likeness (QED) is 0.343. The Hall–Kier alpha value is -4.12. The van der Waals surface area contributed by atoms with Crippen LogP contribution in [0.4, 0.5) is 27.4 Å². The number of nitrogens with one attached hydrogen (secondary N) is 3. The number of carbonyl (C=O) groups is 1. The average Bonchev–Trinajstić information content (AvgIpc) is 3.27. The summed E-state index contributed by atoms with van der Waals surface area (Å²) < 4.78 is 15.5. The van der Waals surface area contributed by atoms with Crippen molar-refractivity contribution in [2.24, 2.45) is 5.73 Å². The number of anilines is 4. The molecule has 0 bridgehead atoms. The van der Waals surface area contributed by atoms with Crippen LogP contribution < -0.4 is 21.7 Å². The maximum Gasteiger partial charge on any atom is 0.276 e. The molecule has 4 aromatic rings. The first kappa shape index (κ1) is 21.7. The molecular weight excluding hydrogens is 437 g/mol. The molecule has 1 amide bonds. The van der Waals surface area contributed by atoms with Gasteiger partial charge in [-0.25, -0.2) is 18.9 Å². The Kier molecular flexibility index (Phi) is 6.00. The average molecular weight is 462 g/mol. The van der Waals surface area contributed by atoms with E-state index in [-0.39, 0.29) is 23.5 Å². The molecule has 0 aromatic carbocycles. The van der Waals surface area contributed by atoms with Gasteiger partial charge in [-0.2, -0.15) is 0 Å². The minimum absolute atomic E-state index is 0.0228. The van der Waals surface area contributed by atoms with E-state index in [9.17, 15) is 9.18 Å². The lowest BCUT2D eigenvalue weighted by atomic mass is 9.92. The number of halogens is 1. The summed E-state index contributed by atoms with van der Waals surface area (Å²) in [4.78, 5) is 25.4. The van der Waals surface area contributed by atoms with E-state index in [0.717, 1.165) is 31.9 Å². The Morgan fingerprint density at radius 3 is 2.65 bits per heavy atom. The number of aromatic nitrogens is 5. The number of nitrogens with two attached hydrogens (primary N) is 1. The molecule has 0 unspecified atom stereocenters. The van der Waals surface area contributed by atoms with Gasteiger partial charge in [-0.15, -0.1) is 5.10 Å². The minimum atomic E-state index is -0.631. The third kappa shape index (κ3) is 4.64. The number of pyridine rings is 2. The van der Waals surface area contributed by atoms with Crippen molar-refractivity contribution < 1.29 is 9.18 Å². The van der Waals surface area contributed by atoms with E-state index in [0.29, 0.717) is 23.0 Å². The van der Waals surface area contributed by atoms with E-state index in [4.69, 9.17) is 5.73 Å². The van der Waals surface area contributed by atoms with E-state index in [1.165, 1.54) is 23.0 Å². The Morgan fingerprint density at radius 1 is 1.03 bits per heavy atom. The van der Waals surface area contributed by atoms with Crippen molar-refractivity contribution in [2.45, 2.75) is 37.8 Å². The van der Waals surface area contributed by atoms with Gasteiger partial charge in [0.1, 0.15) is 11.6 Å². The van der Waals surface area contributed by atoms with Gasteiger partial charge in [0.05, 0.1) is 23.8 Å². The number of imidazole rings is 1. The molecule has 0 radical (unpaired) electrons. The molecule has 0 spiro atoms. The number of nitrogens with zero attached hydrogens (tertiary/aromatic N) is 5. The van der Waals surface area contributed by atoms with Gasteiger partial charge >= 0.3 is 0 Å². The second kappa shape index (κ2) is 9.40. The van der Waals surface area contributed by atoms with Crippen LogP contribution in [0.15, 0.2) is 55.1 Å². The summed E-state index contributed by atoms with van der Waals surface area (Å²) in [5.74, 6) is 0.0225. The molecule has 11 heteroatoms. The van der Waals surface area contributed by atoms with E-state index < -0.39 is 11.7 Å². The summed E-state index contributed by atoms with van der Waals surface area (Å²) in [6, 6.07) is 9.20. The van der Waals surface area contributed by atoms with Gasteiger partial charge in [0.2, 0.25) is 0 Å². The predicted molar refractivity (Wildman–Crippen MR) is 127 cm³/mol. The monoisotopic (exact) mass is 461 g/mol. The van der Waals surface area contributed by atoms with Crippen molar-refractivity contribution in [2.75, 3.05) is 16.0 Å². The molecule has 0 atom stereocenters. The first-order chi connectivity index (χ1) is 16.6. The number of fused-ring (bicyclic) bond motifs is 1. The zero-order valence-electron chi connectivity index (χ0n) is 18.3. The highest BCUT2D eigenvalue weighted by Crippen LogP contribution is 2.26. The van der Waals surface area contributed by atoms with Crippen LogP contribution >= 0.6 is 0 Å². The lowest BCUT2D eigenvalue weighted by Gasteiger charge is -2.27. The molecular formula is C23H24FN9O. The van der Waals surface area contributed by atoms with Gasteiger partial charge in [0, 0.05) is 30.5 Å². The summed E-state index contributed by atoms with van der Waals surface area (Å²) in [7, 11) is 0. The maximum atomic E-state index is 14.0. The Morgan fingerprint density at radius 2 is 1.88 bits per heavy atom. The SMILES string of the molecule is NC1CCC(Nc2cc(Nc3ccccn3)c3ncc(C(=O)Nc4ccncc4F)n3n2)CC1. The fraction of sp³-hybridized carbons (Fsp3) is 0.261. The van der Waals surface area contributed by atoms with Gasteiger partial charge in [-0.05, 0) is 43.9 Å². The summed E-state index contributed by atoms with van der Waals surface area (Å²) in [6.07, 6.45) is 9.27. The molecule has 174 valence electrons. The van der Waals surface area contributed by atoms with Crippen molar-refractivity contribution in [1.82, 2.24) is 24.6 Å². The van der Waals surface area contributed by atoms with Crippen LogP contribution in [-0.4, -0.2) is 42.6 Å². The Balaban J connectivity index is 1.50. The second-order valence-corrected chi connectivity index (χ2v) is 8.23. The third-order valence-electron chi connectivity index (χ3n) is 5.77. The predicted octanol–water partition coefficient (Wildman–Crippen LogP) is 3.34. The first-order valence-electron chi connectivity index (χ1n) is 11.1.